The third-order valence-corrected chi connectivity index (χ3v) is 4.08. The van der Waals surface area contributed by atoms with Gasteiger partial charge in [-0.05, 0) is 26.2 Å². The first-order chi connectivity index (χ1) is 9.65. The van der Waals surface area contributed by atoms with Crippen LogP contribution in [0.4, 0.5) is 0 Å². The highest BCUT2D eigenvalue weighted by molar-refractivity contribution is 5.96. The van der Waals surface area contributed by atoms with Crippen molar-refractivity contribution >= 4 is 11.8 Å². The molecule has 0 bridgehead atoms. The molecule has 2 aliphatic rings. The van der Waals surface area contributed by atoms with Crippen LogP contribution in [0.1, 0.15) is 33.1 Å². The number of piperazine rings is 1. The highest BCUT2D eigenvalue weighted by Gasteiger charge is 2.36. The number of hydrogen-bond acceptors (Lipinski definition) is 3. The van der Waals surface area contributed by atoms with Gasteiger partial charge in [-0.15, -0.1) is 0 Å². The van der Waals surface area contributed by atoms with Crippen LogP contribution in [0.2, 0.25) is 0 Å². The average molecular weight is 279 g/mol. The molecule has 2 heterocycles. The Morgan fingerprint density at radius 1 is 1.25 bits per heavy atom. The van der Waals surface area contributed by atoms with Crippen LogP contribution in [0.5, 0.6) is 0 Å². The number of rotatable bonds is 3. The van der Waals surface area contributed by atoms with Crippen molar-refractivity contribution in [2.45, 2.75) is 39.2 Å². The van der Waals surface area contributed by atoms with Gasteiger partial charge < -0.3 is 15.1 Å². The second-order valence-corrected chi connectivity index (χ2v) is 5.53. The van der Waals surface area contributed by atoms with Crippen molar-refractivity contribution in [3.8, 4) is 0 Å². The maximum absolute atomic E-state index is 12.6. The molecule has 2 fully saturated rings. The van der Waals surface area contributed by atoms with Crippen LogP contribution in [0.15, 0.2) is 11.6 Å². The fourth-order valence-electron chi connectivity index (χ4n) is 2.98. The second-order valence-electron chi connectivity index (χ2n) is 5.53. The Balaban J connectivity index is 2.04. The molecule has 1 atom stereocenters. The summed E-state index contributed by atoms with van der Waals surface area (Å²) in [4.78, 5) is 28.7. The second kappa shape index (κ2) is 6.88. The Kier molecular flexibility index (Phi) is 5.17. The SMILES string of the molecule is CCC=C(C)C(=O)N1CCCC1C(=O)N1CCNCC1. The van der Waals surface area contributed by atoms with E-state index in [9.17, 15) is 9.59 Å². The van der Waals surface area contributed by atoms with Crippen molar-refractivity contribution < 1.29 is 9.59 Å². The number of nitrogens with zero attached hydrogens (tertiary/aromatic N) is 2. The molecule has 2 saturated heterocycles. The maximum Gasteiger partial charge on any atom is 0.249 e. The zero-order chi connectivity index (χ0) is 14.5. The van der Waals surface area contributed by atoms with Gasteiger partial charge in [-0.25, -0.2) is 0 Å². The van der Waals surface area contributed by atoms with Gasteiger partial charge in [-0.3, -0.25) is 9.59 Å². The topological polar surface area (TPSA) is 52.7 Å². The summed E-state index contributed by atoms with van der Waals surface area (Å²) < 4.78 is 0. The monoisotopic (exact) mass is 279 g/mol. The lowest BCUT2D eigenvalue weighted by Gasteiger charge is -2.33. The number of carbonyl (C=O) groups is 2. The van der Waals surface area contributed by atoms with Crippen LogP contribution in [0.25, 0.3) is 0 Å². The van der Waals surface area contributed by atoms with E-state index in [0.29, 0.717) is 6.54 Å². The first-order valence-corrected chi connectivity index (χ1v) is 7.62. The third-order valence-electron chi connectivity index (χ3n) is 4.08. The average Bonchev–Trinajstić information content (AvgIpc) is 2.96. The number of hydrogen-bond donors (Lipinski definition) is 1. The Labute approximate surface area is 121 Å². The van der Waals surface area contributed by atoms with E-state index in [1.807, 2.05) is 24.8 Å². The summed E-state index contributed by atoms with van der Waals surface area (Å²) >= 11 is 0. The van der Waals surface area contributed by atoms with Crippen LogP contribution in [-0.4, -0.2) is 60.4 Å². The molecule has 0 radical (unpaired) electrons. The molecular weight excluding hydrogens is 254 g/mol. The van der Waals surface area contributed by atoms with Gasteiger partial charge in [-0.2, -0.15) is 0 Å². The van der Waals surface area contributed by atoms with Crippen molar-refractivity contribution in [1.29, 1.82) is 0 Å². The van der Waals surface area contributed by atoms with E-state index in [4.69, 9.17) is 0 Å². The van der Waals surface area contributed by atoms with Gasteiger partial charge in [-0.1, -0.05) is 13.0 Å². The van der Waals surface area contributed by atoms with E-state index in [1.165, 1.54) is 0 Å². The Hall–Kier alpha value is -1.36. The van der Waals surface area contributed by atoms with Crippen molar-refractivity contribution in [3.05, 3.63) is 11.6 Å². The summed E-state index contributed by atoms with van der Waals surface area (Å²) in [6.45, 7) is 7.77. The molecule has 20 heavy (non-hydrogen) atoms. The van der Waals surface area contributed by atoms with Crippen molar-refractivity contribution in [2.24, 2.45) is 0 Å². The number of allylic oxidation sites excluding steroid dienone is 1. The number of likely N-dealkylation sites (tertiary alicyclic amines) is 1. The van der Waals surface area contributed by atoms with Gasteiger partial charge in [0.15, 0.2) is 0 Å². The standard InChI is InChI=1S/C15H25N3O2/c1-3-5-12(2)14(19)18-9-4-6-13(18)15(20)17-10-7-16-8-11-17/h5,13,16H,3-4,6-11H2,1-2H3. The molecule has 0 aromatic carbocycles. The Morgan fingerprint density at radius 3 is 2.60 bits per heavy atom. The van der Waals surface area contributed by atoms with E-state index in [2.05, 4.69) is 5.32 Å². The summed E-state index contributed by atoms with van der Waals surface area (Å²) in [5, 5.41) is 3.25. The molecule has 2 aliphatic heterocycles. The summed E-state index contributed by atoms with van der Waals surface area (Å²) in [6.07, 6.45) is 4.51. The number of amides is 2. The van der Waals surface area contributed by atoms with E-state index < -0.39 is 0 Å². The van der Waals surface area contributed by atoms with E-state index in [1.54, 1.807) is 4.90 Å². The number of carbonyl (C=O) groups excluding carboxylic acids is 2. The highest BCUT2D eigenvalue weighted by Crippen LogP contribution is 2.22. The molecule has 0 aromatic rings. The smallest absolute Gasteiger partial charge is 0.249 e. The Morgan fingerprint density at radius 2 is 1.95 bits per heavy atom. The first-order valence-electron chi connectivity index (χ1n) is 7.62. The molecule has 0 saturated carbocycles. The fourth-order valence-corrected chi connectivity index (χ4v) is 2.98. The molecular formula is C15H25N3O2. The summed E-state index contributed by atoms with van der Waals surface area (Å²) in [5.41, 5.74) is 0.757. The lowest BCUT2D eigenvalue weighted by atomic mass is 10.1. The van der Waals surface area contributed by atoms with Gasteiger partial charge in [0.25, 0.3) is 0 Å². The molecule has 2 amide bonds. The van der Waals surface area contributed by atoms with Crippen LogP contribution >= 0.6 is 0 Å². The minimum absolute atomic E-state index is 0.0258. The van der Waals surface area contributed by atoms with Crippen LogP contribution in [0.3, 0.4) is 0 Å². The maximum atomic E-state index is 12.6. The van der Waals surface area contributed by atoms with Gasteiger partial charge in [0.1, 0.15) is 6.04 Å². The molecule has 0 aliphatic carbocycles. The van der Waals surface area contributed by atoms with E-state index in [0.717, 1.165) is 51.0 Å². The van der Waals surface area contributed by atoms with Gasteiger partial charge in [0.05, 0.1) is 0 Å². The van der Waals surface area contributed by atoms with Crippen molar-refractivity contribution in [2.75, 3.05) is 32.7 Å². The fraction of sp³-hybridized carbons (Fsp3) is 0.733. The zero-order valence-electron chi connectivity index (χ0n) is 12.5. The molecule has 0 aromatic heterocycles. The normalized spacial score (nSPS) is 24.1. The molecule has 5 heteroatoms. The van der Waals surface area contributed by atoms with E-state index in [-0.39, 0.29) is 17.9 Å². The van der Waals surface area contributed by atoms with Crippen molar-refractivity contribution in [1.82, 2.24) is 15.1 Å². The molecule has 0 spiro atoms. The van der Waals surface area contributed by atoms with Gasteiger partial charge >= 0.3 is 0 Å². The van der Waals surface area contributed by atoms with E-state index >= 15 is 0 Å². The highest BCUT2D eigenvalue weighted by atomic mass is 16.2. The predicted molar refractivity (Wildman–Crippen MR) is 78.2 cm³/mol. The van der Waals surface area contributed by atoms with Gasteiger partial charge in [0.2, 0.25) is 11.8 Å². The molecule has 112 valence electrons. The first kappa shape index (κ1) is 15.0. The minimum Gasteiger partial charge on any atom is -0.338 e. The summed E-state index contributed by atoms with van der Waals surface area (Å²) in [6, 6.07) is -0.249. The van der Waals surface area contributed by atoms with Gasteiger partial charge in [0, 0.05) is 38.3 Å². The number of nitrogens with one attached hydrogen (secondary N) is 1. The summed E-state index contributed by atoms with van der Waals surface area (Å²) in [7, 11) is 0. The van der Waals surface area contributed by atoms with Crippen molar-refractivity contribution in [3.63, 3.8) is 0 Å². The molecule has 1 N–H and O–H groups in total. The quantitative estimate of drug-likeness (QED) is 0.776. The zero-order valence-corrected chi connectivity index (χ0v) is 12.5. The lowest BCUT2D eigenvalue weighted by Crippen LogP contribution is -2.53. The lowest BCUT2D eigenvalue weighted by molar-refractivity contribution is -0.142. The predicted octanol–water partition coefficient (Wildman–Crippen LogP) is 0.766. The Bertz CT molecular complexity index is 400. The largest absolute Gasteiger partial charge is 0.338 e. The molecule has 1 unspecified atom stereocenters. The summed E-state index contributed by atoms with van der Waals surface area (Å²) in [5.74, 6) is 0.152. The van der Waals surface area contributed by atoms with Crippen LogP contribution in [-0.2, 0) is 9.59 Å². The van der Waals surface area contributed by atoms with Crippen LogP contribution < -0.4 is 5.32 Å². The third kappa shape index (κ3) is 3.20. The van der Waals surface area contributed by atoms with Crippen LogP contribution in [0, 0.1) is 0 Å². The minimum atomic E-state index is -0.249. The molecule has 2 rings (SSSR count). The molecule has 5 nitrogen and oxygen atoms in total.